The van der Waals surface area contributed by atoms with Gasteiger partial charge >= 0.3 is 6.09 Å². The van der Waals surface area contributed by atoms with Gasteiger partial charge in [-0.1, -0.05) is 54.3 Å². The normalized spacial score (nSPS) is 9.92. The summed E-state index contributed by atoms with van der Waals surface area (Å²) in [5.41, 5.74) is 1.75. The monoisotopic (exact) mass is 331 g/mol. The van der Waals surface area contributed by atoms with Crippen LogP contribution < -0.4 is 5.32 Å². The second kappa shape index (κ2) is 7.89. The van der Waals surface area contributed by atoms with Crippen LogP contribution in [0.25, 0.3) is 10.8 Å². The molecule has 4 heteroatoms. The Balaban J connectivity index is 1.51. The minimum atomic E-state index is -0.499. The number of hydrogen-bond donors (Lipinski definition) is 2. The predicted molar refractivity (Wildman–Crippen MR) is 97.1 cm³/mol. The van der Waals surface area contributed by atoms with E-state index in [2.05, 4.69) is 17.2 Å². The highest BCUT2D eigenvalue weighted by molar-refractivity contribution is 5.85. The van der Waals surface area contributed by atoms with Gasteiger partial charge in [0.05, 0.1) is 6.54 Å². The topological polar surface area (TPSA) is 58.6 Å². The van der Waals surface area contributed by atoms with Gasteiger partial charge in [0.1, 0.15) is 12.4 Å². The van der Waals surface area contributed by atoms with Crippen molar-refractivity contribution in [3.05, 3.63) is 77.9 Å². The highest BCUT2D eigenvalue weighted by atomic mass is 16.5. The number of amides is 1. The van der Waals surface area contributed by atoms with E-state index >= 15 is 0 Å². The summed E-state index contributed by atoms with van der Waals surface area (Å²) < 4.78 is 5.11. The van der Waals surface area contributed by atoms with Crippen molar-refractivity contribution in [2.24, 2.45) is 0 Å². The van der Waals surface area contributed by atoms with Gasteiger partial charge in [0.15, 0.2) is 0 Å². The fraction of sp³-hybridized carbons (Fsp3) is 0.0952. The molecule has 2 N–H and O–H groups in total. The van der Waals surface area contributed by atoms with E-state index in [1.807, 2.05) is 54.6 Å². The van der Waals surface area contributed by atoms with E-state index in [9.17, 15) is 9.90 Å². The van der Waals surface area contributed by atoms with E-state index in [0.717, 1.165) is 21.9 Å². The molecule has 3 aromatic carbocycles. The van der Waals surface area contributed by atoms with Gasteiger partial charge in [0.25, 0.3) is 0 Å². The van der Waals surface area contributed by atoms with Crippen molar-refractivity contribution in [1.82, 2.24) is 5.32 Å². The van der Waals surface area contributed by atoms with Crippen LogP contribution in [0.1, 0.15) is 11.1 Å². The third-order valence-corrected chi connectivity index (χ3v) is 3.59. The number of hydrogen-bond acceptors (Lipinski definition) is 3. The van der Waals surface area contributed by atoms with Gasteiger partial charge in [0, 0.05) is 5.56 Å². The zero-order valence-corrected chi connectivity index (χ0v) is 13.5. The van der Waals surface area contributed by atoms with E-state index in [1.54, 1.807) is 12.1 Å². The molecule has 0 saturated carbocycles. The molecule has 25 heavy (non-hydrogen) atoms. The quantitative estimate of drug-likeness (QED) is 0.717. The summed E-state index contributed by atoms with van der Waals surface area (Å²) in [5.74, 6) is 6.09. The number of phenols is 1. The number of ether oxygens (including phenoxy) is 1. The molecule has 0 aromatic heterocycles. The smallest absolute Gasteiger partial charge is 0.408 e. The second-order valence-electron chi connectivity index (χ2n) is 5.46. The van der Waals surface area contributed by atoms with Crippen LogP contribution in [0, 0.1) is 11.8 Å². The summed E-state index contributed by atoms with van der Waals surface area (Å²) in [7, 11) is 0. The molecule has 0 heterocycles. The minimum absolute atomic E-state index is 0.200. The zero-order chi connectivity index (χ0) is 17.5. The molecule has 3 aromatic rings. The zero-order valence-electron chi connectivity index (χ0n) is 13.5. The van der Waals surface area contributed by atoms with Gasteiger partial charge in [-0.15, -0.1) is 0 Å². The van der Waals surface area contributed by atoms with E-state index in [-0.39, 0.29) is 18.9 Å². The first-order valence-corrected chi connectivity index (χ1v) is 7.87. The summed E-state index contributed by atoms with van der Waals surface area (Å²) in [5, 5.41) is 14.1. The van der Waals surface area contributed by atoms with Crippen molar-refractivity contribution in [1.29, 1.82) is 0 Å². The lowest BCUT2D eigenvalue weighted by molar-refractivity contribution is 0.141. The predicted octanol–water partition coefficient (Wildman–Crippen LogP) is 3.82. The van der Waals surface area contributed by atoms with E-state index < -0.39 is 6.09 Å². The Morgan fingerprint density at radius 3 is 2.64 bits per heavy atom. The van der Waals surface area contributed by atoms with Crippen LogP contribution in [0.5, 0.6) is 5.75 Å². The Bertz CT molecular complexity index is 940. The Morgan fingerprint density at radius 2 is 1.80 bits per heavy atom. The summed E-state index contributed by atoms with van der Waals surface area (Å²) in [6.07, 6.45) is -0.499. The molecular formula is C21H17NO3. The van der Waals surface area contributed by atoms with Crippen LogP contribution in [-0.2, 0) is 11.3 Å². The number of nitrogens with one attached hydrogen (secondary N) is 1. The van der Waals surface area contributed by atoms with Crippen molar-refractivity contribution in [3.63, 3.8) is 0 Å². The Hall–Kier alpha value is -3.45. The van der Waals surface area contributed by atoms with Crippen LogP contribution >= 0.6 is 0 Å². The molecule has 124 valence electrons. The number of alkyl carbamates (subject to hydrolysis) is 1. The Labute approximate surface area is 146 Å². The Kier molecular flexibility index (Phi) is 5.18. The first kappa shape index (κ1) is 16.4. The van der Waals surface area contributed by atoms with Crippen molar-refractivity contribution < 1.29 is 14.6 Å². The van der Waals surface area contributed by atoms with Gasteiger partial charge in [-0.2, -0.15) is 0 Å². The third kappa shape index (κ3) is 4.76. The SMILES string of the molecule is O=C(NCC#Cc1ccc2ccc(O)cc2c1)OCc1ccccc1. The van der Waals surface area contributed by atoms with Gasteiger partial charge in [0.2, 0.25) is 0 Å². The highest BCUT2D eigenvalue weighted by Crippen LogP contribution is 2.20. The third-order valence-electron chi connectivity index (χ3n) is 3.59. The van der Waals surface area contributed by atoms with Crippen LogP contribution in [0.4, 0.5) is 4.79 Å². The molecule has 0 spiro atoms. The molecule has 0 atom stereocenters. The molecule has 1 amide bonds. The highest BCUT2D eigenvalue weighted by Gasteiger charge is 2.00. The average Bonchev–Trinajstić information content (AvgIpc) is 2.64. The maximum Gasteiger partial charge on any atom is 0.408 e. The molecule has 0 unspecified atom stereocenters. The maximum atomic E-state index is 11.6. The number of carbonyl (C=O) groups is 1. The van der Waals surface area contributed by atoms with Crippen molar-refractivity contribution in [3.8, 4) is 17.6 Å². The number of benzene rings is 3. The lowest BCUT2D eigenvalue weighted by atomic mass is 10.1. The molecule has 0 aliphatic rings. The number of fused-ring (bicyclic) bond motifs is 1. The van der Waals surface area contributed by atoms with Crippen LogP contribution in [0.2, 0.25) is 0 Å². The standard InChI is InChI=1S/C21H17NO3/c23-20-11-10-18-9-8-16(13-19(18)14-20)7-4-12-22-21(24)25-15-17-5-2-1-3-6-17/h1-3,5-6,8-11,13-14,23H,12,15H2,(H,22,24). The molecule has 0 aliphatic heterocycles. The van der Waals surface area contributed by atoms with Gasteiger partial charge < -0.3 is 15.2 Å². The van der Waals surface area contributed by atoms with E-state index in [0.29, 0.717) is 0 Å². The summed E-state index contributed by atoms with van der Waals surface area (Å²) >= 11 is 0. The van der Waals surface area contributed by atoms with Crippen LogP contribution in [-0.4, -0.2) is 17.7 Å². The van der Waals surface area contributed by atoms with Gasteiger partial charge in [-0.25, -0.2) is 4.79 Å². The first-order chi connectivity index (χ1) is 12.2. The first-order valence-electron chi connectivity index (χ1n) is 7.87. The fourth-order valence-corrected chi connectivity index (χ4v) is 2.35. The van der Waals surface area contributed by atoms with E-state index in [4.69, 9.17) is 4.74 Å². The van der Waals surface area contributed by atoms with Crippen molar-refractivity contribution >= 4 is 16.9 Å². The van der Waals surface area contributed by atoms with Crippen LogP contribution in [0.15, 0.2) is 66.7 Å². The summed E-state index contributed by atoms with van der Waals surface area (Å²) in [4.78, 5) is 11.6. The molecule has 0 saturated heterocycles. The lowest BCUT2D eigenvalue weighted by Crippen LogP contribution is -2.24. The lowest BCUT2D eigenvalue weighted by Gasteiger charge is -2.04. The Morgan fingerprint density at radius 1 is 1.00 bits per heavy atom. The fourth-order valence-electron chi connectivity index (χ4n) is 2.35. The number of aromatic hydroxyl groups is 1. The van der Waals surface area contributed by atoms with Crippen molar-refractivity contribution in [2.75, 3.05) is 6.54 Å². The number of phenolic OH excluding ortho intramolecular Hbond substituents is 1. The number of carbonyl (C=O) groups excluding carboxylic acids is 1. The molecule has 4 nitrogen and oxygen atoms in total. The van der Waals surface area contributed by atoms with Gasteiger partial charge in [-0.05, 0) is 40.6 Å². The molecule has 3 rings (SSSR count). The molecule has 0 fully saturated rings. The second-order valence-corrected chi connectivity index (χ2v) is 5.46. The molecule has 0 radical (unpaired) electrons. The van der Waals surface area contributed by atoms with Gasteiger partial charge in [-0.3, -0.25) is 0 Å². The summed E-state index contributed by atoms with van der Waals surface area (Å²) in [6, 6.07) is 20.4. The average molecular weight is 331 g/mol. The summed E-state index contributed by atoms with van der Waals surface area (Å²) in [6.45, 7) is 0.431. The van der Waals surface area contributed by atoms with Crippen molar-refractivity contribution in [2.45, 2.75) is 6.61 Å². The largest absolute Gasteiger partial charge is 0.508 e. The maximum absolute atomic E-state index is 11.6. The minimum Gasteiger partial charge on any atom is -0.508 e. The van der Waals surface area contributed by atoms with Crippen LogP contribution in [0.3, 0.4) is 0 Å². The molecule has 0 aliphatic carbocycles. The number of rotatable bonds is 3. The molecular weight excluding hydrogens is 314 g/mol. The molecule has 0 bridgehead atoms. The van der Waals surface area contributed by atoms with E-state index in [1.165, 1.54) is 0 Å².